The second-order valence-corrected chi connectivity index (χ2v) is 2.65. The number of rotatable bonds is 2. The Morgan fingerprint density at radius 3 is 2.14 bits per heavy atom. The number of halogens is 3. The molecule has 0 aliphatic carbocycles. The van der Waals surface area contributed by atoms with E-state index in [2.05, 4.69) is 5.32 Å². The number of nitrogens with zero attached hydrogens (tertiary/aromatic N) is 1. The molecule has 0 radical (unpaired) electrons. The maximum atomic E-state index is 12.7. The summed E-state index contributed by atoms with van der Waals surface area (Å²) < 4.78 is 38.0. The predicted molar refractivity (Wildman–Crippen MR) is 43.7 cm³/mol. The first-order valence-corrected chi connectivity index (χ1v) is 3.81. The normalized spacial score (nSPS) is 12.2. The zero-order chi connectivity index (χ0) is 10.7. The van der Waals surface area contributed by atoms with Crippen molar-refractivity contribution in [2.75, 3.05) is 7.05 Å². The molecule has 0 heterocycles. The van der Waals surface area contributed by atoms with Gasteiger partial charge in [0, 0.05) is 0 Å². The quantitative estimate of drug-likeness (QED) is 0.740. The highest BCUT2D eigenvalue weighted by atomic mass is 19.2. The third-order valence-electron chi connectivity index (χ3n) is 1.76. The van der Waals surface area contributed by atoms with Gasteiger partial charge in [0.15, 0.2) is 17.5 Å². The van der Waals surface area contributed by atoms with Crippen LogP contribution in [-0.4, -0.2) is 7.05 Å². The number of hydrogen-bond acceptors (Lipinski definition) is 2. The fraction of sp³-hybridized carbons (Fsp3) is 0.222. The second kappa shape index (κ2) is 4.11. The van der Waals surface area contributed by atoms with Crippen LogP contribution in [0.5, 0.6) is 0 Å². The van der Waals surface area contributed by atoms with Crippen LogP contribution in [0.3, 0.4) is 0 Å². The van der Waals surface area contributed by atoms with Gasteiger partial charge < -0.3 is 5.32 Å². The van der Waals surface area contributed by atoms with Crippen LogP contribution in [0.2, 0.25) is 0 Å². The summed E-state index contributed by atoms with van der Waals surface area (Å²) in [6.07, 6.45) is 0. The molecule has 0 aromatic heterocycles. The zero-order valence-corrected chi connectivity index (χ0v) is 7.31. The average molecular weight is 200 g/mol. The Labute approximate surface area is 79.0 Å². The molecule has 14 heavy (non-hydrogen) atoms. The maximum absolute atomic E-state index is 12.7. The Morgan fingerprint density at radius 2 is 1.79 bits per heavy atom. The summed E-state index contributed by atoms with van der Waals surface area (Å²) in [5, 5.41) is 11.1. The SMILES string of the molecule is CN[C@@H](C#N)c1cc(F)c(F)c(F)c1. The number of nitrogens with one attached hydrogen (secondary N) is 1. The fourth-order valence-corrected chi connectivity index (χ4v) is 1.05. The van der Waals surface area contributed by atoms with E-state index in [1.807, 2.05) is 0 Å². The second-order valence-electron chi connectivity index (χ2n) is 2.65. The topological polar surface area (TPSA) is 35.8 Å². The molecule has 0 aliphatic rings. The Bertz CT molecular complexity index is 361. The number of nitriles is 1. The van der Waals surface area contributed by atoms with Crippen LogP contribution in [0.25, 0.3) is 0 Å². The molecule has 0 saturated heterocycles. The van der Waals surface area contributed by atoms with E-state index < -0.39 is 23.5 Å². The van der Waals surface area contributed by atoms with E-state index in [1.54, 1.807) is 6.07 Å². The minimum absolute atomic E-state index is 0.0615. The highest BCUT2D eigenvalue weighted by Crippen LogP contribution is 2.18. The Morgan fingerprint density at radius 1 is 1.29 bits per heavy atom. The van der Waals surface area contributed by atoms with Crippen LogP contribution in [0.1, 0.15) is 11.6 Å². The molecule has 1 aromatic rings. The standard InChI is InChI=1S/C9H7F3N2/c1-14-8(4-13)5-2-6(10)9(12)7(11)3-5/h2-3,8,14H,1H3/t8-/m0/s1. The van der Waals surface area contributed by atoms with Gasteiger partial charge in [0.05, 0.1) is 6.07 Å². The molecular weight excluding hydrogens is 193 g/mol. The van der Waals surface area contributed by atoms with Crippen molar-refractivity contribution in [3.05, 3.63) is 35.1 Å². The lowest BCUT2D eigenvalue weighted by Crippen LogP contribution is -2.15. The van der Waals surface area contributed by atoms with Crippen molar-refractivity contribution in [1.82, 2.24) is 5.32 Å². The molecule has 0 bridgehead atoms. The molecule has 2 nitrogen and oxygen atoms in total. The third-order valence-corrected chi connectivity index (χ3v) is 1.76. The maximum Gasteiger partial charge on any atom is 0.194 e. The van der Waals surface area contributed by atoms with E-state index in [0.717, 1.165) is 12.1 Å². The molecule has 0 fully saturated rings. The highest BCUT2D eigenvalue weighted by molar-refractivity contribution is 5.26. The van der Waals surface area contributed by atoms with Crippen molar-refractivity contribution in [3.63, 3.8) is 0 Å². The van der Waals surface area contributed by atoms with Crippen molar-refractivity contribution in [2.24, 2.45) is 0 Å². The summed E-state index contributed by atoms with van der Waals surface area (Å²) in [7, 11) is 1.47. The summed E-state index contributed by atoms with van der Waals surface area (Å²) in [6.45, 7) is 0. The van der Waals surface area contributed by atoms with E-state index >= 15 is 0 Å². The largest absolute Gasteiger partial charge is 0.301 e. The van der Waals surface area contributed by atoms with Crippen molar-refractivity contribution >= 4 is 0 Å². The monoisotopic (exact) mass is 200 g/mol. The van der Waals surface area contributed by atoms with Crippen LogP contribution in [0.15, 0.2) is 12.1 Å². The van der Waals surface area contributed by atoms with Gasteiger partial charge in [0.2, 0.25) is 0 Å². The molecular formula is C9H7F3N2. The average Bonchev–Trinajstić information content (AvgIpc) is 2.16. The summed E-state index contributed by atoms with van der Waals surface area (Å²) in [6, 6.07) is 2.52. The van der Waals surface area contributed by atoms with Crippen molar-refractivity contribution in [3.8, 4) is 6.07 Å². The van der Waals surface area contributed by atoms with Crippen LogP contribution in [0, 0.1) is 28.8 Å². The van der Waals surface area contributed by atoms with Crippen LogP contribution >= 0.6 is 0 Å². The molecule has 0 aliphatic heterocycles. The van der Waals surface area contributed by atoms with Gasteiger partial charge in [-0.1, -0.05) is 0 Å². The molecule has 1 atom stereocenters. The molecule has 0 saturated carbocycles. The Hall–Kier alpha value is -1.54. The predicted octanol–water partition coefficient (Wildman–Crippen LogP) is 1.89. The summed E-state index contributed by atoms with van der Waals surface area (Å²) in [5.74, 6) is -4.12. The van der Waals surface area contributed by atoms with E-state index in [4.69, 9.17) is 5.26 Å². The molecule has 1 rings (SSSR count). The smallest absolute Gasteiger partial charge is 0.194 e. The van der Waals surface area contributed by atoms with Crippen molar-refractivity contribution in [1.29, 1.82) is 5.26 Å². The third kappa shape index (κ3) is 1.86. The van der Waals surface area contributed by atoms with Gasteiger partial charge in [-0.25, -0.2) is 13.2 Å². The lowest BCUT2D eigenvalue weighted by Gasteiger charge is -2.08. The van der Waals surface area contributed by atoms with Gasteiger partial charge in [-0.05, 0) is 24.7 Å². The van der Waals surface area contributed by atoms with Crippen LogP contribution < -0.4 is 5.32 Å². The van der Waals surface area contributed by atoms with Gasteiger partial charge >= 0.3 is 0 Å². The number of hydrogen-bond donors (Lipinski definition) is 1. The minimum Gasteiger partial charge on any atom is -0.301 e. The molecule has 1 aromatic carbocycles. The van der Waals surface area contributed by atoms with Crippen LogP contribution in [-0.2, 0) is 0 Å². The van der Waals surface area contributed by atoms with Crippen molar-refractivity contribution in [2.45, 2.75) is 6.04 Å². The van der Waals surface area contributed by atoms with Gasteiger partial charge in [0.25, 0.3) is 0 Å². The highest BCUT2D eigenvalue weighted by Gasteiger charge is 2.15. The molecule has 1 N–H and O–H groups in total. The van der Waals surface area contributed by atoms with E-state index in [1.165, 1.54) is 7.05 Å². The Balaban J connectivity index is 3.19. The van der Waals surface area contributed by atoms with E-state index in [-0.39, 0.29) is 5.56 Å². The summed E-state index contributed by atoms with van der Waals surface area (Å²) >= 11 is 0. The molecule has 0 amide bonds. The van der Waals surface area contributed by atoms with Gasteiger partial charge in [-0.2, -0.15) is 5.26 Å². The van der Waals surface area contributed by atoms with E-state index in [0.29, 0.717) is 0 Å². The molecule has 5 heteroatoms. The summed E-state index contributed by atoms with van der Waals surface area (Å²) in [5.41, 5.74) is 0.0615. The first-order valence-electron chi connectivity index (χ1n) is 3.81. The molecule has 0 unspecified atom stereocenters. The first-order chi connectivity index (χ1) is 6.60. The van der Waals surface area contributed by atoms with E-state index in [9.17, 15) is 13.2 Å². The lowest BCUT2D eigenvalue weighted by atomic mass is 10.1. The van der Waals surface area contributed by atoms with Gasteiger partial charge in [-0.15, -0.1) is 0 Å². The van der Waals surface area contributed by atoms with Gasteiger partial charge in [0.1, 0.15) is 6.04 Å². The minimum atomic E-state index is -1.53. The number of benzene rings is 1. The molecule has 74 valence electrons. The summed E-state index contributed by atoms with van der Waals surface area (Å²) in [4.78, 5) is 0. The van der Waals surface area contributed by atoms with Crippen LogP contribution in [0.4, 0.5) is 13.2 Å². The first kappa shape index (κ1) is 10.5. The fourth-order valence-electron chi connectivity index (χ4n) is 1.05. The van der Waals surface area contributed by atoms with Crippen molar-refractivity contribution < 1.29 is 13.2 Å². The molecule has 0 spiro atoms. The lowest BCUT2D eigenvalue weighted by molar-refractivity contribution is 0.444. The zero-order valence-electron chi connectivity index (χ0n) is 7.31. The van der Waals surface area contributed by atoms with Gasteiger partial charge in [-0.3, -0.25) is 0 Å². The Kier molecular flexibility index (Phi) is 3.10.